The maximum Gasteiger partial charge on any atom is 0.524 e. The molecule has 0 radical (unpaired) electrons. The van der Waals surface area contributed by atoms with Crippen molar-refractivity contribution in [2.45, 2.75) is 44.7 Å². The molecular weight excluding hydrogens is 553 g/mol. The highest BCUT2D eigenvalue weighted by Gasteiger charge is 2.27. The number of rotatable bonds is 13. The van der Waals surface area contributed by atoms with Crippen LogP contribution in [0.15, 0.2) is 53.1 Å². The fourth-order valence-corrected chi connectivity index (χ4v) is 4.25. The van der Waals surface area contributed by atoms with Crippen LogP contribution in [-0.2, 0) is 31.8 Å². The zero-order chi connectivity index (χ0) is 28.6. The molecule has 0 spiro atoms. The van der Waals surface area contributed by atoms with Crippen LogP contribution in [-0.4, -0.2) is 43.7 Å². The van der Waals surface area contributed by atoms with E-state index in [1.165, 1.54) is 31.2 Å². The zero-order valence-corrected chi connectivity index (χ0v) is 22.4. The number of hydrogen-bond acceptors (Lipinski definition) is 8. The number of halogens is 1. The minimum Gasteiger partial charge on any atom is -0.404 e. The van der Waals surface area contributed by atoms with E-state index in [-0.39, 0.29) is 30.9 Å². The first kappa shape index (κ1) is 29.8. The second-order valence-electron chi connectivity index (χ2n) is 8.60. The van der Waals surface area contributed by atoms with E-state index in [1.807, 2.05) is 6.07 Å². The third-order valence-corrected chi connectivity index (χ3v) is 5.99. The van der Waals surface area contributed by atoms with E-state index < -0.39 is 37.6 Å². The molecule has 0 saturated heterocycles. The van der Waals surface area contributed by atoms with Gasteiger partial charge in [-0.2, -0.15) is 4.98 Å². The Hall–Kier alpha value is -3.77. The van der Waals surface area contributed by atoms with Gasteiger partial charge in [-0.15, -0.1) is 0 Å². The van der Waals surface area contributed by atoms with Crippen LogP contribution in [0.5, 0.6) is 5.75 Å². The SMILES string of the molecule is CC(=O)N[C@@H](Cc1ccc(OP(=O)(O)O)cc1)C(=O)N[C@@H](CCC(N)=O)c1nc(Cc2cccc(Cl)c2)no1. The number of phosphoric acid groups is 1. The highest BCUT2D eigenvalue weighted by atomic mass is 35.5. The third kappa shape index (κ3) is 10.1. The summed E-state index contributed by atoms with van der Waals surface area (Å²) in [4.78, 5) is 58.7. The van der Waals surface area contributed by atoms with Crippen molar-refractivity contribution < 1.29 is 37.8 Å². The lowest BCUT2D eigenvalue weighted by atomic mass is 10.0. The first-order chi connectivity index (χ1) is 18.4. The van der Waals surface area contributed by atoms with Crippen LogP contribution < -0.4 is 20.9 Å². The Bertz CT molecular complexity index is 1360. The number of phosphoric ester groups is 1. The van der Waals surface area contributed by atoms with Gasteiger partial charge in [0.05, 0.1) is 0 Å². The molecule has 0 saturated carbocycles. The molecule has 1 aromatic heterocycles. The average molecular weight is 580 g/mol. The van der Waals surface area contributed by atoms with E-state index in [0.717, 1.165) is 5.56 Å². The molecule has 39 heavy (non-hydrogen) atoms. The van der Waals surface area contributed by atoms with E-state index in [0.29, 0.717) is 22.8 Å². The van der Waals surface area contributed by atoms with Crippen LogP contribution in [0.4, 0.5) is 0 Å². The number of carbonyl (C=O) groups excluding carboxylic acids is 3. The highest BCUT2D eigenvalue weighted by molar-refractivity contribution is 7.46. The van der Waals surface area contributed by atoms with Crippen molar-refractivity contribution in [3.05, 3.63) is 76.4 Å². The van der Waals surface area contributed by atoms with Crippen LogP contribution in [0.1, 0.15) is 48.6 Å². The predicted molar refractivity (Wildman–Crippen MR) is 138 cm³/mol. The van der Waals surface area contributed by atoms with Gasteiger partial charge >= 0.3 is 7.82 Å². The fraction of sp³-hybridized carbons (Fsp3) is 0.292. The molecule has 1 heterocycles. The summed E-state index contributed by atoms with van der Waals surface area (Å²) in [7, 11) is -4.72. The standard InChI is InChI=1S/C24H27ClN5O8P/c1-14(31)27-20(12-15-5-7-18(8-6-15)38-39(34,35)36)23(33)28-19(9-10-21(26)32)24-29-22(30-37-24)13-16-3-2-4-17(25)11-16/h2-8,11,19-20H,9-10,12-13H2,1H3,(H2,26,32)(H,27,31)(H,28,33)(H2,34,35,36)/t19-,20-/m0/s1. The van der Waals surface area contributed by atoms with Crippen LogP contribution in [0.3, 0.4) is 0 Å². The van der Waals surface area contributed by atoms with Crippen LogP contribution in [0.2, 0.25) is 5.02 Å². The van der Waals surface area contributed by atoms with Gasteiger partial charge in [0.25, 0.3) is 0 Å². The first-order valence-corrected chi connectivity index (χ1v) is 13.6. The maximum absolute atomic E-state index is 13.2. The largest absolute Gasteiger partial charge is 0.524 e. The van der Waals surface area contributed by atoms with Crippen molar-refractivity contribution in [2.75, 3.05) is 0 Å². The highest BCUT2D eigenvalue weighted by Crippen LogP contribution is 2.37. The molecule has 6 N–H and O–H groups in total. The van der Waals surface area contributed by atoms with Gasteiger partial charge in [-0.05, 0) is 41.8 Å². The number of nitrogens with two attached hydrogens (primary N) is 1. The number of benzene rings is 2. The summed E-state index contributed by atoms with van der Waals surface area (Å²) in [6, 6.07) is 10.9. The maximum atomic E-state index is 13.2. The summed E-state index contributed by atoms with van der Waals surface area (Å²) in [5.74, 6) is -1.33. The van der Waals surface area contributed by atoms with E-state index >= 15 is 0 Å². The Labute approximate surface area is 228 Å². The quantitative estimate of drug-likeness (QED) is 0.186. The molecule has 0 unspecified atom stereocenters. The van der Waals surface area contributed by atoms with E-state index in [1.54, 1.807) is 18.2 Å². The van der Waals surface area contributed by atoms with Crippen molar-refractivity contribution in [3.63, 3.8) is 0 Å². The molecule has 0 aliphatic heterocycles. The minimum atomic E-state index is -4.72. The molecule has 3 rings (SSSR count). The lowest BCUT2D eigenvalue weighted by Gasteiger charge is -2.21. The molecule has 3 aromatic rings. The second kappa shape index (κ2) is 13.3. The molecule has 3 amide bonds. The molecular formula is C24H27ClN5O8P. The summed E-state index contributed by atoms with van der Waals surface area (Å²) in [5.41, 5.74) is 6.71. The van der Waals surface area contributed by atoms with Gasteiger partial charge in [-0.25, -0.2) is 4.57 Å². The molecule has 2 aromatic carbocycles. The predicted octanol–water partition coefficient (Wildman–Crippen LogP) is 1.96. The number of nitrogens with zero attached hydrogens (tertiary/aromatic N) is 2. The Morgan fingerprint density at radius 2 is 1.85 bits per heavy atom. The fourth-order valence-electron chi connectivity index (χ4n) is 3.64. The van der Waals surface area contributed by atoms with Gasteiger partial charge in [0.2, 0.25) is 23.6 Å². The van der Waals surface area contributed by atoms with Gasteiger partial charge in [-0.3, -0.25) is 24.2 Å². The van der Waals surface area contributed by atoms with E-state index in [9.17, 15) is 18.9 Å². The Kier molecular flexibility index (Phi) is 10.2. The Morgan fingerprint density at radius 3 is 2.46 bits per heavy atom. The molecule has 0 aliphatic rings. The molecule has 0 bridgehead atoms. The zero-order valence-electron chi connectivity index (χ0n) is 20.7. The van der Waals surface area contributed by atoms with Crippen molar-refractivity contribution in [3.8, 4) is 5.75 Å². The second-order valence-corrected chi connectivity index (χ2v) is 10.2. The number of nitrogens with one attached hydrogen (secondary N) is 2. The summed E-state index contributed by atoms with van der Waals surface area (Å²) in [6.07, 6.45) is 0.342. The number of aromatic nitrogens is 2. The molecule has 15 heteroatoms. The molecule has 208 valence electrons. The first-order valence-electron chi connectivity index (χ1n) is 11.6. The number of amides is 3. The van der Waals surface area contributed by atoms with Crippen molar-refractivity contribution >= 4 is 37.1 Å². The summed E-state index contributed by atoms with van der Waals surface area (Å²) < 4.78 is 20.9. The van der Waals surface area contributed by atoms with Crippen molar-refractivity contribution in [2.24, 2.45) is 5.73 Å². The lowest BCUT2D eigenvalue weighted by molar-refractivity contribution is -0.128. The lowest BCUT2D eigenvalue weighted by Crippen LogP contribution is -2.48. The van der Waals surface area contributed by atoms with Gasteiger partial charge in [0, 0.05) is 31.2 Å². The topological polar surface area (TPSA) is 207 Å². The molecule has 2 atom stereocenters. The minimum absolute atomic E-state index is 0.0357. The van der Waals surface area contributed by atoms with E-state index in [2.05, 4.69) is 25.3 Å². The van der Waals surface area contributed by atoms with Crippen molar-refractivity contribution in [1.29, 1.82) is 0 Å². The smallest absolute Gasteiger partial charge is 0.404 e. The molecule has 0 aliphatic carbocycles. The van der Waals surface area contributed by atoms with Gasteiger partial charge in [0.1, 0.15) is 17.8 Å². The van der Waals surface area contributed by atoms with E-state index in [4.69, 9.17) is 31.6 Å². The summed E-state index contributed by atoms with van der Waals surface area (Å²) in [5, 5.41) is 9.81. The monoisotopic (exact) mass is 579 g/mol. The number of carbonyl (C=O) groups is 3. The van der Waals surface area contributed by atoms with Crippen LogP contribution in [0, 0.1) is 0 Å². The normalized spacial score (nSPS) is 12.8. The summed E-state index contributed by atoms with van der Waals surface area (Å²) in [6.45, 7) is 1.25. The van der Waals surface area contributed by atoms with Crippen LogP contribution in [0.25, 0.3) is 0 Å². The third-order valence-electron chi connectivity index (χ3n) is 5.31. The van der Waals surface area contributed by atoms with Gasteiger partial charge in [0.15, 0.2) is 5.82 Å². The Morgan fingerprint density at radius 1 is 1.13 bits per heavy atom. The van der Waals surface area contributed by atoms with Gasteiger partial charge in [-0.1, -0.05) is 41.0 Å². The Balaban J connectivity index is 1.75. The average Bonchev–Trinajstić information content (AvgIpc) is 3.29. The summed E-state index contributed by atoms with van der Waals surface area (Å²) >= 11 is 6.03. The van der Waals surface area contributed by atoms with Crippen LogP contribution >= 0.6 is 19.4 Å². The molecule has 0 fully saturated rings. The number of hydrogen-bond donors (Lipinski definition) is 5. The number of primary amides is 1. The van der Waals surface area contributed by atoms with Gasteiger partial charge < -0.3 is 25.4 Å². The van der Waals surface area contributed by atoms with Crippen molar-refractivity contribution in [1.82, 2.24) is 20.8 Å². The molecule has 13 nitrogen and oxygen atoms in total.